The van der Waals surface area contributed by atoms with Crippen LogP contribution in [0.4, 0.5) is 0 Å². The molecule has 8 N–H and O–H groups in total. The van der Waals surface area contributed by atoms with Crippen LogP contribution in [0.1, 0.15) is 32.3 Å². The molecule has 0 aliphatic heterocycles. The lowest BCUT2D eigenvalue weighted by Gasteiger charge is -2.24. The summed E-state index contributed by atoms with van der Waals surface area (Å²) in [5.41, 5.74) is 11.2. The van der Waals surface area contributed by atoms with Gasteiger partial charge in [-0.1, -0.05) is 26.0 Å². The number of aromatic hydroxyl groups is 1. The molecule has 0 radical (unpaired) electrons. The van der Waals surface area contributed by atoms with Crippen molar-refractivity contribution < 1.29 is 29.4 Å². The Morgan fingerprint density at radius 2 is 1.55 bits per heavy atom. The zero-order chi connectivity index (χ0) is 22.1. The van der Waals surface area contributed by atoms with Gasteiger partial charge in [-0.25, -0.2) is 4.79 Å². The monoisotopic (exact) mass is 408 g/mol. The van der Waals surface area contributed by atoms with Crippen LogP contribution in [0.2, 0.25) is 0 Å². The summed E-state index contributed by atoms with van der Waals surface area (Å²) in [6, 6.07) is 2.46. The predicted octanol–water partition coefficient (Wildman–Crippen LogP) is -0.762. The molecule has 0 saturated heterocycles. The molecule has 0 saturated carbocycles. The molecule has 1 aromatic carbocycles. The van der Waals surface area contributed by atoms with Gasteiger partial charge in [0.15, 0.2) is 0 Å². The smallest absolute Gasteiger partial charge is 0.326 e. The van der Waals surface area contributed by atoms with Crippen molar-refractivity contribution >= 4 is 23.7 Å². The summed E-state index contributed by atoms with van der Waals surface area (Å²) in [5.74, 6) is -3.35. The van der Waals surface area contributed by atoms with Crippen molar-refractivity contribution in [2.24, 2.45) is 17.4 Å². The lowest BCUT2D eigenvalue weighted by molar-refractivity contribution is -0.142. The second-order valence-electron chi connectivity index (χ2n) is 7.24. The lowest BCUT2D eigenvalue weighted by Crippen LogP contribution is -2.55. The molecule has 10 heteroatoms. The summed E-state index contributed by atoms with van der Waals surface area (Å²) in [4.78, 5) is 47.3. The largest absolute Gasteiger partial charge is 0.508 e. The van der Waals surface area contributed by atoms with Gasteiger partial charge in [0.05, 0.1) is 12.5 Å². The first-order valence-corrected chi connectivity index (χ1v) is 9.15. The van der Waals surface area contributed by atoms with Crippen LogP contribution >= 0.6 is 0 Å². The number of nitrogens with two attached hydrogens (primary N) is 2. The Kier molecular flexibility index (Phi) is 9.07. The number of carboxylic acid groups (broad SMARTS) is 1. The number of primary amides is 1. The van der Waals surface area contributed by atoms with Gasteiger partial charge in [-0.15, -0.1) is 0 Å². The van der Waals surface area contributed by atoms with E-state index >= 15 is 0 Å². The average molecular weight is 408 g/mol. The third-order valence-corrected chi connectivity index (χ3v) is 4.09. The van der Waals surface area contributed by atoms with E-state index in [-0.39, 0.29) is 30.9 Å². The number of hydrogen-bond acceptors (Lipinski definition) is 6. The van der Waals surface area contributed by atoms with Crippen LogP contribution in [-0.2, 0) is 25.6 Å². The number of carbonyl (C=O) groups excluding carboxylic acids is 3. The van der Waals surface area contributed by atoms with E-state index in [0.29, 0.717) is 5.56 Å². The second kappa shape index (κ2) is 11.0. The van der Waals surface area contributed by atoms with E-state index in [1.165, 1.54) is 12.1 Å². The van der Waals surface area contributed by atoms with Crippen molar-refractivity contribution in [3.05, 3.63) is 29.8 Å². The van der Waals surface area contributed by atoms with Crippen molar-refractivity contribution in [2.75, 3.05) is 0 Å². The maximum absolute atomic E-state index is 12.7. The van der Waals surface area contributed by atoms with Gasteiger partial charge in [0.2, 0.25) is 17.7 Å². The number of rotatable bonds is 11. The van der Waals surface area contributed by atoms with Crippen LogP contribution in [0.5, 0.6) is 5.75 Å². The molecule has 160 valence electrons. The number of benzene rings is 1. The topological polar surface area (TPSA) is 185 Å². The third-order valence-electron chi connectivity index (χ3n) is 4.09. The van der Waals surface area contributed by atoms with Crippen molar-refractivity contribution in [2.45, 2.75) is 51.2 Å². The fraction of sp³-hybridized carbons (Fsp3) is 0.474. The zero-order valence-electron chi connectivity index (χ0n) is 16.4. The molecule has 0 spiro atoms. The maximum Gasteiger partial charge on any atom is 0.326 e. The SMILES string of the molecule is CC(C)CC(NC(=O)C(N)CC(N)=O)C(=O)NC(Cc1ccc(O)cc1)C(=O)O. The number of carbonyl (C=O) groups is 4. The molecule has 29 heavy (non-hydrogen) atoms. The van der Waals surface area contributed by atoms with E-state index in [0.717, 1.165) is 0 Å². The van der Waals surface area contributed by atoms with E-state index in [2.05, 4.69) is 10.6 Å². The Morgan fingerprint density at radius 3 is 2.03 bits per heavy atom. The molecule has 1 rings (SSSR count). The van der Waals surface area contributed by atoms with E-state index < -0.39 is 41.8 Å². The molecule has 10 nitrogen and oxygen atoms in total. The molecule has 0 bridgehead atoms. The summed E-state index contributed by atoms with van der Waals surface area (Å²) >= 11 is 0. The number of nitrogens with one attached hydrogen (secondary N) is 2. The summed E-state index contributed by atoms with van der Waals surface area (Å²) in [6.07, 6.45) is -0.141. The van der Waals surface area contributed by atoms with Crippen molar-refractivity contribution in [1.82, 2.24) is 10.6 Å². The van der Waals surface area contributed by atoms with Gasteiger partial charge in [-0.3, -0.25) is 14.4 Å². The molecular formula is C19H28N4O6. The number of aliphatic carboxylic acids is 1. The molecule has 3 atom stereocenters. The van der Waals surface area contributed by atoms with Crippen molar-refractivity contribution in [3.8, 4) is 5.75 Å². The van der Waals surface area contributed by atoms with E-state index in [1.54, 1.807) is 12.1 Å². The summed E-state index contributed by atoms with van der Waals surface area (Å²) in [6.45, 7) is 3.67. The highest BCUT2D eigenvalue weighted by molar-refractivity contribution is 5.93. The number of hydrogen-bond donors (Lipinski definition) is 6. The second-order valence-corrected chi connectivity index (χ2v) is 7.24. The molecule has 0 heterocycles. The molecule has 1 aromatic rings. The minimum Gasteiger partial charge on any atom is -0.508 e. The molecular weight excluding hydrogens is 380 g/mol. The Morgan fingerprint density at radius 1 is 1.00 bits per heavy atom. The third kappa shape index (κ3) is 8.60. The fourth-order valence-electron chi connectivity index (χ4n) is 2.63. The van der Waals surface area contributed by atoms with E-state index in [4.69, 9.17) is 11.5 Å². The first kappa shape index (κ1) is 23.9. The highest BCUT2D eigenvalue weighted by Crippen LogP contribution is 2.12. The van der Waals surface area contributed by atoms with Crippen LogP contribution in [0, 0.1) is 5.92 Å². The quantitative estimate of drug-likeness (QED) is 0.278. The van der Waals surface area contributed by atoms with Gasteiger partial charge in [0.1, 0.15) is 17.8 Å². The van der Waals surface area contributed by atoms with Crippen LogP contribution in [0.25, 0.3) is 0 Å². The first-order valence-electron chi connectivity index (χ1n) is 9.15. The van der Waals surface area contributed by atoms with Crippen LogP contribution in [0.3, 0.4) is 0 Å². The number of phenolic OH excluding ortho intramolecular Hbond substituents is 1. The number of carboxylic acids is 1. The molecule has 0 aromatic heterocycles. The van der Waals surface area contributed by atoms with Crippen LogP contribution in [-0.4, -0.2) is 52.0 Å². The Bertz CT molecular complexity index is 735. The van der Waals surface area contributed by atoms with Gasteiger partial charge in [-0.05, 0) is 30.0 Å². The van der Waals surface area contributed by atoms with Crippen molar-refractivity contribution in [3.63, 3.8) is 0 Å². The van der Waals surface area contributed by atoms with Crippen molar-refractivity contribution in [1.29, 1.82) is 0 Å². The predicted molar refractivity (Wildman–Crippen MR) is 105 cm³/mol. The summed E-state index contributed by atoms with van der Waals surface area (Å²) in [7, 11) is 0. The molecule has 0 aliphatic carbocycles. The first-order chi connectivity index (χ1) is 13.5. The van der Waals surface area contributed by atoms with Crippen LogP contribution < -0.4 is 22.1 Å². The molecule has 0 fully saturated rings. The van der Waals surface area contributed by atoms with Gasteiger partial charge in [-0.2, -0.15) is 0 Å². The van der Waals surface area contributed by atoms with Gasteiger partial charge < -0.3 is 32.3 Å². The zero-order valence-corrected chi connectivity index (χ0v) is 16.4. The Balaban J connectivity index is 2.87. The molecule has 0 aliphatic rings. The van der Waals surface area contributed by atoms with E-state index in [9.17, 15) is 29.4 Å². The highest BCUT2D eigenvalue weighted by Gasteiger charge is 2.29. The number of phenols is 1. The number of amides is 3. The van der Waals surface area contributed by atoms with E-state index in [1.807, 2.05) is 13.8 Å². The molecule has 3 unspecified atom stereocenters. The van der Waals surface area contributed by atoms with Gasteiger partial charge >= 0.3 is 5.97 Å². The summed E-state index contributed by atoms with van der Waals surface area (Å²) < 4.78 is 0. The van der Waals surface area contributed by atoms with Gasteiger partial charge in [0.25, 0.3) is 0 Å². The Labute approximate surface area is 168 Å². The van der Waals surface area contributed by atoms with Crippen LogP contribution in [0.15, 0.2) is 24.3 Å². The highest BCUT2D eigenvalue weighted by atomic mass is 16.4. The normalized spacial score (nSPS) is 13.9. The minimum absolute atomic E-state index is 0.00904. The standard InChI is InChI=1S/C19H28N4O6/c1-10(2)7-14(22-17(26)13(20)9-16(21)25)18(27)23-15(19(28)29)8-11-3-5-12(24)6-4-11/h3-6,10,13-15,24H,7-9,20H2,1-2H3,(H2,21,25)(H,22,26)(H,23,27)(H,28,29). The van der Waals surface area contributed by atoms with Gasteiger partial charge in [0, 0.05) is 6.42 Å². The fourth-order valence-corrected chi connectivity index (χ4v) is 2.63. The summed E-state index contributed by atoms with van der Waals surface area (Å²) in [5, 5.41) is 23.6. The minimum atomic E-state index is -1.24. The molecule has 3 amide bonds. The maximum atomic E-state index is 12.7. The average Bonchev–Trinajstić information content (AvgIpc) is 2.61. The Hall–Kier alpha value is -3.14. The lowest BCUT2D eigenvalue weighted by atomic mass is 10.0.